The zero-order chi connectivity index (χ0) is 17.1. The minimum atomic E-state index is -0.247. The van der Waals surface area contributed by atoms with Crippen LogP contribution in [0, 0.1) is 5.92 Å². The molecule has 1 atom stereocenters. The molecule has 2 heterocycles. The van der Waals surface area contributed by atoms with Crippen LogP contribution in [0.3, 0.4) is 0 Å². The van der Waals surface area contributed by atoms with Crippen molar-refractivity contribution in [2.24, 2.45) is 5.92 Å². The molecule has 0 radical (unpaired) electrons. The molecular formula is C16H18N4OS3. The predicted octanol–water partition coefficient (Wildman–Crippen LogP) is 4.47. The van der Waals surface area contributed by atoms with Gasteiger partial charge in [-0.2, -0.15) is 0 Å². The van der Waals surface area contributed by atoms with Crippen LogP contribution in [0.15, 0.2) is 28.6 Å². The van der Waals surface area contributed by atoms with Gasteiger partial charge in [-0.3, -0.25) is 10.1 Å². The summed E-state index contributed by atoms with van der Waals surface area (Å²) in [6, 6.07) is 7.99. The second-order valence-electron chi connectivity index (χ2n) is 5.80. The minimum Gasteiger partial charge on any atom is -0.300 e. The number of fused-ring (bicyclic) bond motifs is 1. The molecule has 1 unspecified atom stereocenters. The van der Waals surface area contributed by atoms with E-state index < -0.39 is 0 Å². The molecule has 1 N–H and O–H groups in total. The molecule has 8 heteroatoms. The summed E-state index contributed by atoms with van der Waals surface area (Å²) in [6.07, 6.45) is 0.879. The van der Waals surface area contributed by atoms with Crippen molar-refractivity contribution < 1.29 is 4.79 Å². The predicted molar refractivity (Wildman–Crippen MR) is 102 cm³/mol. The third-order valence-electron chi connectivity index (χ3n) is 3.20. The fourth-order valence-electron chi connectivity index (χ4n) is 2.05. The van der Waals surface area contributed by atoms with E-state index in [2.05, 4.69) is 34.3 Å². The lowest BCUT2D eigenvalue weighted by Crippen LogP contribution is -2.22. The average Bonchev–Trinajstić information content (AvgIpc) is 3.12. The van der Waals surface area contributed by atoms with E-state index in [4.69, 9.17) is 0 Å². The number of para-hydroxylation sites is 1. The van der Waals surface area contributed by atoms with Gasteiger partial charge in [0.1, 0.15) is 5.01 Å². The Morgan fingerprint density at radius 2 is 2.00 bits per heavy atom. The lowest BCUT2D eigenvalue weighted by Gasteiger charge is -2.07. The van der Waals surface area contributed by atoms with Crippen molar-refractivity contribution in [1.29, 1.82) is 0 Å². The number of carbonyl (C=O) groups is 1. The number of amides is 1. The van der Waals surface area contributed by atoms with Crippen LogP contribution in [-0.4, -0.2) is 26.3 Å². The van der Waals surface area contributed by atoms with Crippen LogP contribution >= 0.6 is 34.4 Å². The summed E-state index contributed by atoms with van der Waals surface area (Å²) < 4.78 is 2.03. The van der Waals surface area contributed by atoms with E-state index in [0.717, 1.165) is 26.0 Å². The Bertz CT molecular complexity index is 810. The van der Waals surface area contributed by atoms with Crippen molar-refractivity contribution in [3.05, 3.63) is 29.3 Å². The highest BCUT2D eigenvalue weighted by atomic mass is 32.2. The van der Waals surface area contributed by atoms with E-state index in [-0.39, 0.29) is 11.2 Å². The van der Waals surface area contributed by atoms with Crippen molar-refractivity contribution in [2.75, 3.05) is 5.32 Å². The first-order valence-corrected chi connectivity index (χ1v) is 10.2. The quantitative estimate of drug-likeness (QED) is 0.641. The maximum Gasteiger partial charge on any atom is 0.239 e. The van der Waals surface area contributed by atoms with Gasteiger partial charge in [-0.25, -0.2) is 4.98 Å². The van der Waals surface area contributed by atoms with Crippen molar-refractivity contribution >= 4 is 55.7 Å². The molecule has 24 heavy (non-hydrogen) atoms. The molecule has 1 amide bonds. The number of anilines is 1. The second-order valence-corrected chi connectivity index (χ2v) is 9.48. The summed E-state index contributed by atoms with van der Waals surface area (Å²) in [7, 11) is 0. The van der Waals surface area contributed by atoms with Gasteiger partial charge < -0.3 is 0 Å². The Labute approximate surface area is 152 Å². The van der Waals surface area contributed by atoms with Gasteiger partial charge in [0.25, 0.3) is 0 Å². The first-order chi connectivity index (χ1) is 11.5. The topological polar surface area (TPSA) is 67.8 Å². The van der Waals surface area contributed by atoms with Gasteiger partial charge in [0.05, 0.1) is 15.5 Å². The van der Waals surface area contributed by atoms with Crippen LogP contribution in [0.4, 0.5) is 5.13 Å². The van der Waals surface area contributed by atoms with E-state index in [1.54, 1.807) is 11.3 Å². The Balaban J connectivity index is 1.61. The number of hydrogen-bond acceptors (Lipinski definition) is 7. The molecule has 0 saturated carbocycles. The molecule has 0 spiro atoms. The maximum absolute atomic E-state index is 12.3. The van der Waals surface area contributed by atoms with Gasteiger partial charge in [0, 0.05) is 6.42 Å². The number of thiazole rings is 1. The third kappa shape index (κ3) is 4.31. The molecule has 126 valence electrons. The Hall–Kier alpha value is -1.51. The van der Waals surface area contributed by atoms with Crippen molar-refractivity contribution in [2.45, 2.75) is 36.8 Å². The first kappa shape index (κ1) is 17.3. The molecule has 3 rings (SSSR count). The van der Waals surface area contributed by atoms with Crippen molar-refractivity contribution in [1.82, 2.24) is 15.2 Å². The Morgan fingerprint density at radius 3 is 2.75 bits per heavy atom. The fraction of sp³-hybridized carbons (Fsp3) is 0.375. The monoisotopic (exact) mass is 378 g/mol. The molecular weight excluding hydrogens is 360 g/mol. The lowest BCUT2D eigenvalue weighted by atomic mass is 10.1. The van der Waals surface area contributed by atoms with Crippen LogP contribution in [0.2, 0.25) is 0 Å². The highest BCUT2D eigenvalue weighted by Crippen LogP contribution is 2.32. The standard InChI is InChI=1S/C16H18N4OS3/c1-9(2)8-13-19-20-15(24-13)18-14(21)10(3)22-16-17-11-6-4-5-7-12(11)23-16/h4-7,9-10H,8H2,1-3H3,(H,18,20,21). The van der Waals surface area contributed by atoms with Crippen LogP contribution in [0.25, 0.3) is 10.2 Å². The van der Waals surface area contributed by atoms with Gasteiger partial charge in [0.2, 0.25) is 11.0 Å². The van der Waals surface area contributed by atoms with Gasteiger partial charge >= 0.3 is 0 Å². The summed E-state index contributed by atoms with van der Waals surface area (Å²) in [5.41, 5.74) is 0.972. The van der Waals surface area contributed by atoms with Gasteiger partial charge in [0.15, 0.2) is 4.34 Å². The number of nitrogens with one attached hydrogen (secondary N) is 1. The Morgan fingerprint density at radius 1 is 1.21 bits per heavy atom. The van der Waals surface area contributed by atoms with Crippen LogP contribution in [0.5, 0.6) is 0 Å². The van der Waals surface area contributed by atoms with E-state index in [0.29, 0.717) is 11.0 Å². The van der Waals surface area contributed by atoms with Gasteiger partial charge in [-0.05, 0) is 25.0 Å². The number of benzene rings is 1. The van der Waals surface area contributed by atoms with E-state index in [9.17, 15) is 4.79 Å². The number of nitrogens with zero attached hydrogens (tertiary/aromatic N) is 3. The second kappa shape index (κ2) is 7.58. The van der Waals surface area contributed by atoms with Crippen LogP contribution in [0.1, 0.15) is 25.8 Å². The molecule has 2 aromatic heterocycles. The third-order valence-corrected chi connectivity index (χ3v) is 6.29. The van der Waals surface area contributed by atoms with Crippen molar-refractivity contribution in [3.8, 4) is 0 Å². The first-order valence-electron chi connectivity index (χ1n) is 7.66. The molecule has 5 nitrogen and oxygen atoms in total. The average molecular weight is 379 g/mol. The zero-order valence-electron chi connectivity index (χ0n) is 13.6. The van der Waals surface area contributed by atoms with Crippen molar-refractivity contribution in [3.63, 3.8) is 0 Å². The molecule has 1 aromatic carbocycles. The van der Waals surface area contributed by atoms with E-state index in [1.807, 2.05) is 31.2 Å². The number of thioether (sulfide) groups is 1. The lowest BCUT2D eigenvalue weighted by molar-refractivity contribution is -0.115. The summed E-state index contributed by atoms with van der Waals surface area (Å²) in [5, 5.41) is 12.3. The molecule has 0 aliphatic carbocycles. The molecule has 0 aliphatic heterocycles. The highest BCUT2D eigenvalue weighted by molar-refractivity contribution is 8.02. The largest absolute Gasteiger partial charge is 0.300 e. The van der Waals surface area contributed by atoms with Crippen LogP contribution < -0.4 is 5.32 Å². The molecule has 0 bridgehead atoms. The summed E-state index contributed by atoms with van der Waals surface area (Å²) >= 11 is 4.51. The molecule has 3 aromatic rings. The van der Waals surface area contributed by atoms with Gasteiger partial charge in [-0.1, -0.05) is 49.1 Å². The van der Waals surface area contributed by atoms with E-state index in [1.165, 1.54) is 23.1 Å². The summed E-state index contributed by atoms with van der Waals surface area (Å²) in [5.74, 6) is 0.446. The minimum absolute atomic E-state index is 0.0773. The molecule has 0 fully saturated rings. The summed E-state index contributed by atoms with van der Waals surface area (Å²) in [4.78, 5) is 16.9. The van der Waals surface area contributed by atoms with Crippen LogP contribution in [-0.2, 0) is 11.2 Å². The Kier molecular flexibility index (Phi) is 5.47. The number of carbonyl (C=O) groups excluding carboxylic acids is 1. The maximum atomic E-state index is 12.3. The summed E-state index contributed by atoms with van der Waals surface area (Å²) in [6.45, 7) is 6.15. The number of aromatic nitrogens is 3. The SMILES string of the molecule is CC(C)Cc1nnc(NC(=O)C(C)Sc2nc3ccccc3s2)s1. The zero-order valence-corrected chi connectivity index (χ0v) is 16.1. The smallest absolute Gasteiger partial charge is 0.239 e. The van der Waals surface area contributed by atoms with E-state index >= 15 is 0 Å². The van der Waals surface area contributed by atoms with Gasteiger partial charge in [-0.15, -0.1) is 21.5 Å². The number of hydrogen-bond donors (Lipinski definition) is 1. The molecule has 0 saturated heterocycles. The highest BCUT2D eigenvalue weighted by Gasteiger charge is 2.18. The fourth-order valence-corrected chi connectivity index (χ4v) is 5.22. The normalized spacial score (nSPS) is 12.7. The number of rotatable bonds is 6. The molecule has 0 aliphatic rings.